The van der Waals surface area contributed by atoms with Crippen LogP contribution in [0.25, 0.3) is 0 Å². The summed E-state index contributed by atoms with van der Waals surface area (Å²) in [5.74, 6) is -1.93. The quantitative estimate of drug-likeness (QED) is 0.690. The van der Waals surface area contributed by atoms with Crippen molar-refractivity contribution in [1.29, 1.82) is 0 Å². The molecule has 0 bridgehead atoms. The van der Waals surface area contributed by atoms with Crippen LogP contribution in [0.5, 0.6) is 0 Å². The van der Waals surface area contributed by atoms with Crippen LogP contribution in [-0.4, -0.2) is 37.3 Å². The van der Waals surface area contributed by atoms with Gasteiger partial charge in [-0.05, 0) is 12.1 Å². The van der Waals surface area contributed by atoms with Gasteiger partial charge in [-0.15, -0.1) is 24.8 Å². The number of halogens is 8. The fraction of sp³-hybridized carbons (Fsp3) is 0.538. The summed E-state index contributed by atoms with van der Waals surface area (Å²) in [5, 5.41) is 3.00. The maximum absolute atomic E-state index is 14.0. The summed E-state index contributed by atoms with van der Waals surface area (Å²) in [6, 6.07) is 0.633. The van der Waals surface area contributed by atoms with Crippen LogP contribution in [0.3, 0.4) is 0 Å². The van der Waals surface area contributed by atoms with Crippen molar-refractivity contribution in [2.24, 2.45) is 0 Å². The van der Waals surface area contributed by atoms with Crippen molar-refractivity contribution < 1.29 is 22.0 Å². The smallest absolute Gasteiger partial charge is 0.314 e. The first-order valence-corrected chi connectivity index (χ1v) is 7.23. The van der Waals surface area contributed by atoms with E-state index < -0.39 is 35.8 Å². The summed E-state index contributed by atoms with van der Waals surface area (Å²) in [6.07, 6.45) is -5.77. The topological polar surface area (TPSA) is 15.3 Å². The molecular weight excluding hydrogens is 430 g/mol. The number of nitrogens with zero attached hydrogens (tertiary/aromatic N) is 1. The fourth-order valence-corrected chi connectivity index (χ4v) is 2.90. The highest BCUT2D eigenvalue weighted by atomic mass is 79.9. The summed E-state index contributed by atoms with van der Waals surface area (Å²) in [5.41, 5.74) is -0.516. The molecule has 1 aliphatic rings. The number of hydrogen-bond acceptors (Lipinski definition) is 2. The van der Waals surface area contributed by atoms with Crippen molar-refractivity contribution >= 4 is 40.7 Å². The lowest BCUT2D eigenvalue weighted by Gasteiger charge is -2.35. The number of nitrogens with one attached hydrogen (secondary N) is 1. The number of hydrogen-bond donors (Lipinski definition) is 1. The molecule has 2 rings (SSSR count). The minimum atomic E-state index is -4.50. The zero-order valence-electron chi connectivity index (χ0n) is 11.8. The maximum Gasteiger partial charge on any atom is 0.390 e. The van der Waals surface area contributed by atoms with E-state index >= 15 is 0 Å². The second kappa shape index (κ2) is 9.36. The van der Waals surface area contributed by atoms with Gasteiger partial charge in [0.05, 0.1) is 6.42 Å². The molecular formula is C13H16BrCl2F5N2. The minimum Gasteiger partial charge on any atom is -0.314 e. The first kappa shape index (κ1) is 22.9. The predicted octanol–water partition coefficient (Wildman–Crippen LogP) is 4.47. The molecule has 2 nitrogen and oxygen atoms in total. The van der Waals surface area contributed by atoms with Crippen LogP contribution in [0.1, 0.15) is 18.0 Å². The van der Waals surface area contributed by atoms with Gasteiger partial charge in [0.2, 0.25) is 0 Å². The van der Waals surface area contributed by atoms with Gasteiger partial charge in [0.1, 0.15) is 11.6 Å². The molecule has 0 amide bonds. The van der Waals surface area contributed by atoms with Crippen LogP contribution in [-0.2, 0) is 0 Å². The summed E-state index contributed by atoms with van der Waals surface area (Å²) in [6.45, 7) is 1.62. The SMILES string of the molecule is Cl.Cl.Fc1cc(Br)cc(F)c1[C@H](CC(F)(F)F)N1CCNCC1. The highest BCUT2D eigenvalue weighted by Gasteiger charge is 2.38. The molecule has 0 aliphatic carbocycles. The Morgan fingerprint density at radius 3 is 2.00 bits per heavy atom. The zero-order valence-corrected chi connectivity index (χ0v) is 15.0. The van der Waals surface area contributed by atoms with Gasteiger partial charge < -0.3 is 5.32 Å². The molecule has 1 atom stereocenters. The number of piperazine rings is 1. The van der Waals surface area contributed by atoms with Crippen LogP contribution >= 0.6 is 40.7 Å². The third-order valence-electron chi connectivity index (χ3n) is 3.39. The maximum atomic E-state index is 14.0. The number of benzene rings is 1. The third-order valence-corrected chi connectivity index (χ3v) is 3.85. The molecule has 1 saturated heterocycles. The van der Waals surface area contributed by atoms with E-state index in [2.05, 4.69) is 21.2 Å². The summed E-state index contributed by atoms with van der Waals surface area (Å²) < 4.78 is 66.6. The Morgan fingerprint density at radius 1 is 1.09 bits per heavy atom. The second-order valence-corrected chi connectivity index (χ2v) is 5.82. The van der Waals surface area contributed by atoms with E-state index in [9.17, 15) is 22.0 Å². The second-order valence-electron chi connectivity index (χ2n) is 4.90. The van der Waals surface area contributed by atoms with Crippen LogP contribution in [0.15, 0.2) is 16.6 Å². The Morgan fingerprint density at radius 2 is 1.57 bits per heavy atom. The van der Waals surface area contributed by atoms with Crippen molar-refractivity contribution in [3.05, 3.63) is 33.8 Å². The number of alkyl halides is 3. The highest BCUT2D eigenvalue weighted by Crippen LogP contribution is 2.37. The lowest BCUT2D eigenvalue weighted by molar-refractivity contribution is -0.149. The zero-order chi connectivity index (χ0) is 15.6. The molecule has 1 heterocycles. The largest absolute Gasteiger partial charge is 0.390 e. The molecule has 0 unspecified atom stereocenters. The molecule has 1 N–H and O–H groups in total. The molecule has 23 heavy (non-hydrogen) atoms. The van der Waals surface area contributed by atoms with Gasteiger partial charge in [0, 0.05) is 42.3 Å². The van der Waals surface area contributed by atoms with Crippen LogP contribution < -0.4 is 5.32 Å². The van der Waals surface area contributed by atoms with E-state index in [4.69, 9.17) is 0 Å². The van der Waals surface area contributed by atoms with Gasteiger partial charge in [0.25, 0.3) is 0 Å². The van der Waals surface area contributed by atoms with Gasteiger partial charge in [-0.1, -0.05) is 15.9 Å². The Hall–Kier alpha value is -0.150. The molecule has 0 aromatic heterocycles. The Labute approximate surface area is 151 Å². The van der Waals surface area contributed by atoms with E-state index in [1.807, 2.05) is 0 Å². The highest BCUT2D eigenvalue weighted by molar-refractivity contribution is 9.10. The summed E-state index contributed by atoms with van der Waals surface area (Å²) in [7, 11) is 0. The normalized spacial score (nSPS) is 17.1. The lowest BCUT2D eigenvalue weighted by Crippen LogP contribution is -2.46. The van der Waals surface area contributed by atoms with E-state index in [1.54, 1.807) is 0 Å². The fourth-order valence-electron chi connectivity index (χ4n) is 2.50. The van der Waals surface area contributed by atoms with Gasteiger partial charge in [-0.3, -0.25) is 4.90 Å². The van der Waals surface area contributed by atoms with Crippen LogP contribution in [0, 0.1) is 11.6 Å². The Bertz CT molecular complexity index is 487. The standard InChI is InChI=1S/C13H14BrF5N2.2ClH/c14-8-5-9(15)12(10(16)6-8)11(7-13(17,18)19)21-3-1-20-2-4-21;;/h5-6,11,20H,1-4,7H2;2*1H/t11-;;/m0../s1. The third kappa shape index (κ3) is 6.34. The molecule has 0 radical (unpaired) electrons. The molecule has 0 saturated carbocycles. The molecule has 1 aromatic carbocycles. The monoisotopic (exact) mass is 444 g/mol. The van der Waals surface area contributed by atoms with Gasteiger partial charge in [-0.2, -0.15) is 13.2 Å². The molecule has 1 aromatic rings. The lowest BCUT2D eigenvalue weighted by atomic mass is 9.99. The first-order chi connectivity index (χ1) is 9.78. The molecule has 0 spiro atoms. The molecule has 134 valence electrons. The van der Waals surface area contributed by atoms with E-state index in [-0.39, 0.29) is 29.3 Å². The van der Waals surface area contributed by atoms with Gasteiger partial charge in [-0.25, -0.2) is 8.78 Å². The first-order valence-electron chi connectivity index (χ1n) is 6.44. The molecule has 10 heteroatoms. The van der Waals surface area contributed by atoms with Crippen molar-refractivity contribution in [3.63, 3.8) is 0 Å². The van der Waals surface area contributed by atoms with Gasteiger partial charge in [0.15, 0.2) is 0 Å². The van der Waals surface area contributed by atoms with Crippen LogP contribution in [0.2, 0.25) is 0 Å². The van der Waals surface area contributed by atoms with Gasteiger partial charge >= 0.3 is 6.18 Å². The minimum absolute atomic E-state index is 0. The average Bonchev–Trinajstić information content (AvgIpc) is 2.36. The Balaban J connectivity index is 0.00000242. The van der Waals surface area contributed by atoms with E-state index in [0.717, 1.165) is 12.1 Å². The number of rotatable bonds is 3. The average molecular weight is 446 g/mol. The molecule has 1 aliphatic heterocycles. The van der Waals surface area contributed by atoms with E-state index in [1.165, 1.54) is 4.90 Å². The summed E-state index contributed by atoms with van der Waals surface area (Å²) in [4.78, 5) is 1.47. The summed E-state index contributed by atoms with van der Waals surface area (Å²) >= 11 is 2.93. The van der Waals surface area contributed by atoms with E-state index in [0.29, 0.717) is 26.2 Å². The Kier molecular flexibility index (Phi) is 9.30. The van der Waals surface area contributed by atoms with Crippen molar-refractivity contribution in [1.82, 2.24) is 10.2 Å². The van der Waals surface area contributed by atoms with Crippen LogP contribution in [0.4, 0.5) is 22.0 Å². The van der Waals surface area contributed by atoms with Crippen molar-refractivity contribution in [3.8, 4) is 0 Å². The van der Waals surface area contributed by atoms with Crippen molar-refractivity contribution in [2.45, 2.75) is 18.6 Å². The molecule has 1 fully saturated rings. The van der Waals surface area contributed by atoms with Crippen molar-refractivity contribution in [2.75, 3.05) is 26.2 Å². The predicted molar refractivity (Wildman–Crippen MR) is 86.4 cm³/mol.